The van der Waals surface area contributed by atoms with Gasteiger partial charge in [0.1, 0.15) is 30.0 Å². The van der Waals surface area contributed by atoms with Gasteiger partial charge in [0.25, 0.3) is 0 Å². The average Bonchev–Trinajstić information content (AvgIpc) is 4.44. The van der Waals surface area contributed by atoms with Crippen LogP contribution >= 0.6 is 0 Å². The molecule has 0 aromatic heterocycles. The lowest BCUT2D eigenvalue weighted by molar-refractivity contribution is -0.204. The Labute approximate surface area is 465 Å². The first kappa shape index (κ1) is 58.9. The summed E-state index contributed by atoms with van der Waals surface area (Å²) in [4.78, 5) is 60.0. The Morgan fingerprint density at radius 3 is 1.25 bits per heavy atom. The van der Waals surface area contributed by atoms with Crippen LogP contribution in [0.25, 0.3) is 0 Å². The fourth-order valence-corrected chi connectivity index (χ4v) is 19.1. The van der Waals surface area contributed by atoms with Gasteiger partial charge >= 0.3 is 29.8 Å². The maximum atomic E-state index is 12.7. The van der Waals surface area contributed by atoms with Crippen molar-refractivity contribution in [3.05, 3.63) is 0 Å². The zero-order valence-corrected chi connectivity index (χ0v) is 50.6. The molecule has 1 saturated heterocycles. The first-order valence-electron chi connectivity index (χ1n) is 31.9. The quantitative estimate of drug-likeness (QED) is 0.101. The first-order chi connectivity index (χ1) is 36.1. The van der Waals surface area contributed by atoms with Crippen molar-refractivity contribution in [3.8, 4) is 0 Å². The van der Waals surface area contributed by atoms with Crippen molar-refractivity contribution in [2.24, 2.45) is 110 Å². The summed E-state index contributed by atoms with van der Waals surface area (Å²) < 4.78 is 28.4. The van der Waals surface area contributed by atoms with Crippen LogP contribution in [0.15, 0.2) is 0 Å². The van der Waals surface area contributed by atoms with E-state index in [2.05, 4.69) is 27.7 Å². The molecule has 1 heterocycles. The third-order valence-corrected chi connectivity index (χ3v) is 24.8. The highest BCUT2D eigenvalue weighted by Gasteiger charge is 2.69. The number of fused-ring (bicyclic) bond motifs is 18. The minimum atomic E-state index is -0.481. The number of ether oxygens (including phenoxy) is 5. The van der Waals surface area contributed by atoms with Gasteiger partial charge in [-0.3, -0.25) is 24.0 Å². The predicted molar refractivity (Wildman–Crippen MR) is 296 cm³/mol. The summed E-state index contributed by atoms with van der Waals surface area (Å²) in [5, 5.41) is 10.5. The van der Waals surface area contributed by atoms with Gasteiger partial charge in [0.05, 0.1) is 33.7 Å². The van der Waals surface area contributed by atoms with Crippen LogP contribution in [-0.4, -0.2) is 70.6 Å². The molecule has 17 atom stereocenters. The van der Waals surface area contributed by atoms with Crippen molar-refractivity contribution in [3.63, 3.8) is 0 Å². The number of esters is 5. The van der Waals surface area contributed by atoms with E-state index in [-0.39, 0.29) is 82.5 Å². The highest BCUT2D eigenvalue weighted by atomic mass is 16.6. The fourth-order valence-electron chi connectivity index (χ4n) is 19.1. The van der Waals surface area contributed by atoms with Crippen molar-refractivity contribution < 1.29 is 52.8 Å². The van der Waals surface area contributed by atoms with Crippen molar-refractivity contribution in [1.29, 1.82) is 0 Å². The van der Waals surface area contributed by atoms with Gasteiger partial charge in [0.2, 0.25) is 0 Å². The molecule has 12 saturated carbocycles. The molecule has 13 aliphatic rings. The van der Waals surface area contributed by atoms with Gasteiger partial charge in [-0.25, -0.2) is 0 Å². The van der Waals surface area contributed by atoms with Crippen LogP contribution in [0.2, 0.25) is 0 Å². The molecule has 77 heavy (non-hydrogen) atoms. The summed E-state index contributed by atoms with van der Waals surface area (Å²) in [5.74, 6) is 11.6. The first-order valence-corrected chi connectivity index (χ1v) is 31.9. The van der Waals surface area contributed by atoms with Crippen LogP contribution in [0, 0.1) is 110 Å². The molecule has 0 aromatic carbocycles. The predicted octanol–water partition coefficient (Wildman–Crippen LogP) is 13.8. The summed E-state index contributed by atoms with van der Waals surface area (Å²) in [6, 6.07) is 0. The van der Waals surface area contributed by atoms with Crippen LogP contribution in [0.1, 0.15) is 238 Å². The fraction of sp³-hybridized carbons (Fsp3) is 0.924. The molecule has 436 valence electrons. The minimum absolute atomic E-state index is 0.0455. The summed E-state index contributed by atoms with van der Waals surface area (Å²) in [7, 11) is 0. The molecular weight excluding hydrogens is 969 g/mol. The van der Waals surface area contributed by atoms with E-state index >= 15 is 0 Å². The second-order valence-electron chi connectivity index (χ2n) is 30.6. The molecule has 1 N–H and O–H groups in total. The molecule has 13 rings (SSSR count). The van der Waals surface area contributed by atoms with Gasteiger partial charge in [0, 0.05) is 11.8 Å². The lowest BCUT2D eigenvalue weighted by atomic mass is 9.53. The van der Waals surface area contributed by atoms with E-state index in [0.717, 1.165) is 136 Å². The SMILES string of the molecule is CCC(C)(C)C(=O)OC1(CC)CC2CC1C1C3CCC(C3)C21.CCC(C)(C)C(=O)OC1(CC)CC2CC1C1C3CCC(C3)C21.CCC(C)(C)C(=O)OC1C2CC3CC1CC(O)(C3)C2.CCC(C)(C)C(=O)OC1COC(=O)C1. The Kier molecular flexibility index (Phi) is 16.5. The zero-order chi connectivity index (χ0) is 56.0. The number of cyclic esters (lactones) is 1. The topological polar surface area (TPSA) is 152 Å². The summed E-state index contributed by atoms with van der Waals surface area (Å²) in [5.41, 5.74) is -2.23. The molecular formula is C66H106O11. The molecule has 12 aliphatic carbocycles. The second kappa shape index (κ2) is 21.6. The molecule has 0 radical (unpaired) electrons. The summed E-state index contributed by atoms with van der Waals surface area (Å²) >= 11 is 0. The normalized spacial score (nSPS) is 42.8. The number of hydrogen-bond donors (Lipinski definition) is 1. The van der Waals surface area contributed by atoms with E-state index in [1.165, 1.54) is 51.4 Å². The highest BCUT2D eigenvalue weighted by Crippen LogP contribution is 2.72. The van der Waals surface area contributed by atoms with E-state index in [1.807, 2.05) is 69.2 Å². The van der Waals surface area contributed by atoms with E-state index < -0.39 is 11.0 Å². The molecule has 12 bridgehead atoms. The number of hydrogen-bond acceptors (Lipinski definition) is 11. The van der Waals surface area contributed by atoms with Crippen LogP contribution in [-0.2, 0) is 47.7 Å². The number of carbonyl (C=O) groups excluding carboxylic acids is 5. The lowest BCUT2D eigenvalue weighted by Gasteiger charge is -2.57. The van der Waals surface area contributed by atoms with Gasteiger partial charge in [-0.15, -0.1) is 0 Å². The maximum absolute atomic E-state index is 12.7. The molecule has 11 nitrogen and oxygen atoms in total. The van der Waals surface area contributed by atoms with Crippen molar-refractivity contribution >= 4 is 29.8 Å². The number of aliphatic hydroxyl groups is 1. The van der Waals surface area contributed by atoms with Crippen LogP contribution < -0.4 is 0 Å². The Morgan fingerprint density at radius 2 is 0.883 bits per heavy atom. The third kappa shape index (κ3) is 10.9. The van der Waals surface area contributed by atoms with E-state index in [4.69, 9.17) is 23.7 Å². The largest absolute Gasteiger partial charge is 0.462 e. The van der Waals surface area contributed by atoms with E-state index in [1.54, 1.807) is 0 Å². The zero-order valence-electron chi connectivity index (χ0n) is 50.6. The van der Waals surface area contributed by atoms with Gasteiger partial charge in [-0.1, -0.05) is 41.5 Å². The van der Waals surface area contributed by atoms with Gasteiger partial charge in [-0.2, -0.15) is 0 Å². The van der Waals surface area contributed by atoms with Crippen molar-refractivity contribution in [1.82, 2.24) is 0 Å². The van der Waals surface area contributed by atoms with E-state index in [9.17, 15) is 29.1 Å². The molecule has 1 aliphatic heterocycles. The Bertz CT molecular complexity index is 2090. The number of carbonyl (C=O) groups is 5. The van der Waals surface area contributed by atoms with Crippen LogP contribution in [0.4, 0.5) is 0 Å². The molecule has 0 amide bonds. The van der Waals surface area contributed by atoms with Crippen molar-refractivity contribution in [2.75, 3.05) is 6.61 Å². The number of rotatable bonds is 14. The smallest absolute Gasteiger partial charge is 0.312 e. The van der Waals surface area contributed by atoms with Gasteiger partial charge in [0.15, 0.2) is 0 Å². The van der Waals surface area contributed by atoms with Crippen LogP contribution in [0.3, 0.4) is 0 Å². The summed E-state index contributed by atoms with van der Waals surface area (Å²) in [6.45, 7) is 28.5. The minimum Gasteiger partial charge on any atom is -0.462 e. The molecule has 11 heteroatoms. The Balaban J connectivity index is 0.000000127. The molecule has 13 fully saturated rings. The second-order valence-corrected chi connectivity index (χ2v) is 30.6. The van der Waals surface area contributed by atoms with Crippen LogP contribution in [0.5, 0.6) is 0 Å². The third-order valence-electron chi connectivity index (χ3n) is 24.8. The monoisotopic (exact) mass is 1070 g/mol. The highest BCUT2D eigenvalue weighted by molar-refractivity contribution is 5.78. The van der Waals surface area contributed by atoms with Crippen molar-refractivity contribution in [2.45, 2.75) is 267 Å². The molecule has 17 unspecified atom stereocenters. The Hall–Kier alpha value is -2.69. The van der Waals surface area contributed by atoms with Gasteiger partial charge < -0.3 is 28.8 Å². The maximum Gasteiger partial charge on any atom is 0.312 e. The molecule has 0 aromatic rings. The van der Waals surface area contributed by atoms with E-state index in [0.29, 0.717) is 36.0 Å². The standard InChI is InChI=1S/2C20H32O2.C16H26O3.C10H16O4/c2*1-5-19(3,4)18(21)22-20(6-2)11-14-10-15(20)17-13-8-7-12(9-13)16(14)17;1-4-15(2,3)14(17)19-13-11-5-10-6-12(13)9-16(18,7-10)8-11;1-4-10(2,3)9(12)14-7-5-8(11)13-6-7/h2*12-17H,5-11H2,1-4H3;10-13,18H,4-9H2,1-3H3;7H,4-6H2,1-3H3. The lowest BCUT2D eigenvalue weighted by Crippen LogP contribution is -2.58. The average molecular weight is 1080 g/mol. The van der Waals surface area contributed by atoms with Gasteiger partial charge in [-0.05, 0) is 267 Å². The summed E-state index contributed by atoms with van der Waals surface area (Å²) in [6.07, 6.45) is 23.9. The Morgan fingerprint density at radius 1 is 0.494 bits per heavy atom. The molecule has 0 spiro atoms.